The van der Waals surface area contributed by atoms with Crippen LogP contribution in [0.3, 0.4) is 0 Å². The summed E-state index contributed by atoms with van der Waals surface area (Å²) in [6.45, 7) is 6.36. The van der Waals surface area contributed by atoms with E-state index < -0.39 is 12.1 Å². The van der Waals surface area contributed by atoms with Crippen molar-refractivity contribution in [1.29, 1.82) is 0 Å². The van der Waals surface area contributed by atoms with Crippen molar-refractivity contribution in [3.63, 3.8) is 0 Å². The molecule has 0 amide bonds. The fourth-order valence-electron chi connectivity index (χ4n) is 6.98. The Kier molecular flexibility index (Phi) is 52.5. The minimum Gasteiger partial charge on any atom is -0.462 e. The van der Waals surface area contributed by atoms with Crippen LogP contribution in [0.5, 0.6) is 0 Å². The lowest BCUT2D eigenvalue weighted by Crippen LogP contribution is -2.30. The van der Waals surface area contributed by atoms with Crippen molar-refractivity contribution in [2.24, 2.45) is 0 Å². The van der Waals surface area contributed by atoms with E-state index in [-0.39, 0.29) is 38.0 Å². The van der Waals surface area contributed by atoms with Crippen LogP contribution in [-0.2, 0) is 28.6 Å². The Labute approximate surface area is 424 Å². The molecule has 1 atom stereocenters. The summed E-state index contributed by atoms with van der Waals surface area (Å²) in [6, 6.07) is 0. The summed E-state index contributed by atoms with van der Waals surface area (Å²) in [4.78, 5) is 38.1. The molecule has 0 aliphatic heterocycles. The van der Waals surface area contributed by atoms with E-state index in [0.29, 0.717) is 19.3 Å². The smallest absolute Gasteiger partial charge is 0.306 e. The fraction of sp³-hybridized carbons (Fsp3) is 0.603. The van der Waals surface area contributed by atoms with Gasteiger partial charge in [-0.2, -0.15) is 0 Å². The van der Waals surface area contributed by atoms with E-state index in [4.69, 9.17) is 14.2 Å². The number of ether oxygens (including phenoxy) is 3. The first-order valence-electron chi connectivity index (χ1n) is 27.7. The zero-order chi connectivity index (χ0) is 50.0. The maximum absolute atomic E-state index is 12.8. The van der Waals surface area contributed by atoms with Gasteiger partial charge in [0.2, 0.25) is 0 Å². The number of esters is 3. The van der Waals surface area contributed by atoms with E-state index >= 15 is 0 Å². The summed E-state index contributed by atoms with van der Waals surface area (Å²) in [7, 11) is 0. The Bertz CT molecular complexity index is 1510. The molecule has 6 heteroatoms. The largest absolute Gasteiger partial charge is 0.462 e. The number of unbranched alkanes of at least 4 members (excludes halogenated alkanes) is 15. The Hall–Kier alpha value is -4.45. The van der Waals surface area contributed by atoms with Crippen molar-refractivity contribution in [3.05, 3.63) is 134 Å². The van der Waals surface area contributed by atoms with Crippen LogP contribution in [-0.4, -0.2) is 37.2 Å². The first kappa shape index (κ1) is 64.5. The molecule has 69 heavy (non-hydrogen) atoms. The van der Waals surface area contributed by atoms with Gasteiger partial charge in [-0.3, -0.25) is 14.4 Å². The van der Waals surface area contributed by atoms with E-state index in [0.717, 1.165) is 96.3 Å². The van der Waals surface area contributed by atoms with Gasteiger partial charge >= 0.3 is 17.9 Å². The average Bonchev–Trinajstić information content (AvgIpc) is 3.35. The maximum atomic E-state index is 12.8. The lowest BCUT2D eigenvalue weighted by atomic mass is 10.1. The zero-order valence-corrected chi connectivity index (χ0v) is 44.3. The molecule has 0 unspecified atom stereocenters. The minimum absolute atomic E-state index is 0.132. The molecular weight excluding hydrogens is 853 g/mol. The first-order valence-corrected chi connectivity index (χ1v) is 27.7. The molecule has 0 heterocycles. The van der Waals surface area contributed by atoms with Crippen molar-refractivity contribution in [2.45, 2.75) is 232 Å². The van der Waals surface area contributed by atoms with Crippen molar-refractivity contribution < 1.29 is 28.6 Å². The molecule has 0 aliphatic carbocycles. The van der Waals surface area contributed by atoms with Crippen LogP contribution < -0.4 is 0 Å². The Morgan fingerprint density at radius 1 is 0.304 bits per heavy atom. The van der Waals surface area contributed by atoms with E-state index in [1.54, 1.807) is 0 Å². The van der Waals surface area contributed by atoms with Gasteiger partial charge in [0.25, 0.3) is 0 Å². The second-order valence-electron chi connectivity index (χ2n) is 17.7. The average molecular weight is 953 g/mol. The monoisotopic (exact) mass is 953 g/mol. The summed E-state index contributed by atoms with van der Waals surface area (Å²) in [5, 5.41) is 0. The Morgan fingerprint density at radius 3 is 1.06 bits per heavy atom. The minimum atomic E-state index is -0.845. The SMILES string of the molecule is CC/C=C\C/C=C\C/C=C\C/C=C\C/C=C\C/C=C\CCC(=O)OC[C@@H](COC(=O)CCCCCCC/C=C\CCCCCCCC)OC(=O)CCC/C=C\C/C=C\C/C=C\C/C=C\CCCCC. The highest BCUT2D eigenvalue weighted by Crippen LogP contribution is 2.12. The molecule has 0 spiro atoms. The summed E-state index contributed by atoms with van der Waals surface area (Å²) in [5.41, 5.74) is 0. The van der Waals surface area contributed by atoms with Gasteiger partial charge in [0.15, 0.2) is 6.10 Å². The lowest BCUT2D eigenvalue weighted by Gasteiger charge is -2.18. The third kappa shape index (κ3) is 54.4. The number of hydrogen-bond acceptors (Lipinski definition) is 6. The van der Waals surface area contributed by atoms with Gasteiger partial charge in [-0.05, 0) is 122 Å². The van der Waals surface area contributed by atoms with Crippen LogP contribution in [0, 0.1) is 0 Å². The highest BCUT2D eigenvalue weighted by molar-refractivity contribution is 5.71. The third-order valence-corrected chi connectivity index (χ3v) is 11.1. The van der Waals surface area contributed by atoms with Gasteiger partial charge in [0, 0.05) is 19.3 Å². The van der Waals surface area contributed by atoms with E-state index in [9.17, 15) is 14.4 Å². The Balaban J connectivity index is 4.62. The number of hydrogen-bond donors (Lipinski definition) is 0. The van der Waals surface area contributed by atoms with Gasteiger partial charge in [0.05, 0.1) is 0 Å². The molecule has 0 rings (SSSR count). The normalized spacial score (nSPS) is 13.1. The molecule has 0 aromatic rings. The maximum Gasteiger partial charge on any atom is 0.306 e. The molecule has 0 aromatic carbocycles. The van der Waals surface area contributed by atoms with Crippen molar-refractivity contribution in [1.82, 2.24) is 0 Å². The van der Waals surface area contributed by atoms with Gasteiger partial charge < -0.3 is 14.2 Å². The Morgan fingerprint density at radius 2 is 0.609 bits per heavy atom. The molecule has 0 radical (unpaired) electrons. The van der Waals surface area contributed by atoms with Crippen LogP contribution >= 0.6 is 0 Å². The standard InChI is InChI=1S/C63H100O6/c1-4-7-10-13-16-19-22-25-28-30-31-33-35-38-41-44-47-50-53-56-62(65)68-59-60(58-67-61(64)55-52-49-46-43-40-37-34-27-24-21-18-15-12-9-6-3)69-63(66)57-54-51-48-45-42-39-36-32-29-26-23-20-17-14-11-8-5-2/h7,10,16-17,19-20,25-29,31,33-34,36,38-39,41,45,47-48,50,60H,4-6,8-9,11-15,18,21-24,30,32,35,37,40,42-44,46,49,51-59H2,1-3H3/b10-7-,19-16-,20-17-,28-25-,29-26-,33-31-,34-27-,39-36-,41-38-,48-45-,50-47-/t60-/m1/s1. The van der Waals surface area contributed by atoms with Crippen molar-refractivity contribution in [3.8, 4) is 0 Å². The van der Waals surface area contributed by atoms with E-state index in [2.05, 4.69) is 142 Å². The third-order valence-electron chi connectivity index (χ3n) is 11.1. The van der Waals surface area contributed by atoms with E-state index in [1.165, 1.54) is 77.0 Å². The van der Waals surface area contributed by atoms with Gasteiger partial charge in [-0.15, -0.1) is 0 Å². The van der Waals surface area contributed by atoms with Crippen LogP contribution in [0.4, 0.5) is 0 Å². The molecule has 6 nitrogen and oxygen atoms in total. The summed E-state index contributed by atoms with van der Waals surface area (Å²) in [5.74, 6) is -1.09. The van der Waals surface area contributed by atoms with Crippen LogP contribution in [0.25, 0.3) is 0 Å². The van der Waals surface area contributed by atoms with Crippen molar-refractivity contribution in [2.75, 3.05) is 13.2 Å². The molecule has 0 bridgehead atoms. The number of carbonyl (C=O) groups excluding carboxylic acids is 3. The predicted molar refractivity (Wildman–Crippen MR) is 297 cm³/mol. The second-order valence-corrected chi connectivity index (χ2v) is 17.7. The van der Waals surface area contributed by atoms with Gasteiger partial charge in [-0.1, -0.05) is 219 Å². The molecule has 0 aromatic heterocycles. The number of allylic oxidation sites excluding steroid dienone is 22. The van der Waals surface area contributed by atoms with E-state index in [1.807, 2.05) is 12.2 Å². The van der Waals surface area contributed by atoms with Gasteiger partial charge in [0.1, 0.15) is 13.2 Å². The van der Waals surface area contributed by atoms with Crippen molar-refractivity contribution >= 4 is 17.9 Å². The molecule has 388 valence electrons. The van der Waals surface area contributed by atoms with Crippen LogP contribution in [0.1, 0.15) is 226 Å². The molecular formula is C63H100O6. The zero-order valence-electron chi connectivity index (χ0n) is 44.3. The molecule has 0 saturated carbocycles. The topological polar surface area (TPSA) is 78.9 Å². The summed E-state index contributed by atoms with van der Waals surface area (Å²) in [6.07, 6.45) is 78.8. The van der Waals surface area contributed by atoms with Crippen LogP contribution in [0.15, 0.2) is 134 Å². The summed E-state index contributed by atoms with van der Waals surface area (Å²) < 4.78 is 16.7. The van der Waals surface area contributed by atoms with Crippen LogP contribution in [0.2, 0.25) is 0 Å². The highest BCUT2D eigenvalue weighted by Gasteiger charge is 2.19. The quantitative estimate of drug-likeness (QED) is 0.0262. The highest BCUT2D eigenvalue weighted by atomic mass is 16.6. The lowest BCUT2D eigenvalue weighted by molar-refractivity contribution is -0.166. The second kappa shape index (κ2) is 56.1. The molecule has 0 aliphatic rings. The van der Waals surface area contributed by atoms with Gasteiger partial charge in [-0.25, -0.2) is 0 Å². The predicted octanol–water partition coefficient (Wildman–Crippen LogP) is 18.6. The summed E-state index contributed by atoms with van der Waals surface area (Å²) >= 11 is 0. The first-order chi connectivity index (χ1) is 34.0. The number of rotatable bonds is 48. The number of carbonyl (C=O) groups is 3. The fourth-order valence-corrected chi connectivity index (χ4v) is 6.98. The molecule has 0 fully saturated rings. The molecule has 0 N–H and O–H groups in total. The molecule has 0 saturated heterocycles.